The van der Waals surface area contributed by atoms with Crippen LogP contribution in [0, 0.1) is 0 Å². The number of rotatable bonds is 2. The van der Waals surface area contributed by atoms with Crippen LogP contribution in [0.1, 0.15) is 0 Å². The van der Waals surface area contributed by atoms with Gasteiger partial charge in [-0.05, 0) is 6.07 Å². The Bertz CT molecular complexity index is 1030. The van der Waals surface area contributed by atoms with E-state index < -0.39 is 0 Å². The van der Waals surface area contributed by atoms with Crippen molar-refractivity contribution in [1.82, 2.24) is 19.3 Å². The van der Waals surface area contributed by atoms with Crippen molar-refractivity contribution in [2.24, 2.45) is 0 Å². The minimum Gasteiger partial charge on any atom is -0.414 e. The molecule has 0 fully saturated rings. The highest BCUT2D eigenvalue weighted by atomic mass is 16.6. The van der Waals surface area contributed by atoms with Gasteiger partial charge < -0.3 is 4.84 Å². The summed E-state index contributed by atoms with van der Waals surface area (Å²) in [6, 6.07) is 13.5. The third-order valence-electron chi connectivity index (χ3n) is 3.59. The van der Waals surface area contributed by atoms with Gasteiger partial charge in [0, 0.05) is 17.8 Å². The van der Waals surface area contributed by atoms with Crippen molar-refractivity contribution >= 4 is 16.6 Å². The number of hydrogen-bond acceptors (Lipinski definition) is 4. The van der Waals surface area contributed by atoms with E-state index in [4.69, 9.17) is 4.84 Å². The Balaban J connectivity index is 2.03. The zero-order chi connectivity index (χ0) is 15.1. The van der Waals surface area contributed by atoms with E-state index >= 15 is 0 Å². The van der Waals surface area contributed by atoms with Crippen molar-refractivity contribution in [2.75, 3.05) is 7.11 Å². The first-order valence-electron chi connectivity index (χ1n) is 6.78. The highest BCUT2D eigenvalue weighted by molar-refractivity contribution is 5.80. The zero-order valence-electron chi connectivity index (χ0n) is 11.8. The Morgan fingerprint density at radius 1 is 1.14 bits per heavy atom. The average molecular weight is 292 g/mol. The second-order valence-electron chi connectivity index (χ2n) is 4.85. The molecular formula is C16H12N4O2. The summed E-state index contributed by atoms with van der Waals surface area (Å²) in [5, 5.41) is 5.03. The van der Waals surface area contributed by atoms with Crippen LogP contribution < -0.4 is 10.4 Å². The zero-order valence-corrected chi connectivity index (χ0v) is 11.8. The summed E-state index contributed by atoms with van der Waals surface area (Å²) in [4.78, 5) is 21.5. The molecule has 0 unspecified atom stereocenters. The first-order valence-corrected chi connectivity index (χ1v) is 6.78. The van der Waals surface area contributed by atoms with Gasteiger partial charge in [0.2, 0.25) is 0 Å². The molecule has 3 heterocycles. The molecule has 0 spiro atoms. The van der Waals surface area contributed by atoms with E-state index in [-0.39, 0.29) is 5.56 Å². The van der Waals surface area contributed by atoms with Crippen molar-refractivity contribution in [3.8, 4) is 11.3 Å². The third kappa shape index (κ3) is 1.77. The van der Waals surface area contributed by atoms with Crippen LogP contribution in [0.15, 0.2) is 59.7 Å². The van der Waals surface area contributed by atoms with Crippen LogP contribution >= 0.6 is 0 Å². The van der Waals surface area contributed by atoms with Crippen molar-refractivity contribution in [3.05, 3.63) is 65.2 Å². The van der Waals surface area contributed by atoms with E-state index in [2.05, 4.69) is 10.1 Å². The lowest BCUT2D eigenvalue weighted by molar-refractivity contribution is 0.158. The topological polar surface area (TPSA) is 61.4 Å². The molecule has 6 nitrogen and oxygen atoms in total. The van der Waals surface area contributed by atoms with Crippen LogP contribution in [-0.4, -0.2) is 26.4 Å². The monoisotopic (exact) mass is 292 g/mol. The molecule has 1 aromatic carbocycles. The number of aromatic nitrogens is 4. The summed E-state index contributed by atoms with van der Waals surface area (Å²) in [6.07, 6.45) is 3.13. The molecule has 6 heteroatoms. The summed E-state index contributed by atoms with van der Waals surface area (Å²) in [6.45, 7) is 0. The lowest BCUT2D eigenvalue weighted by Crippen LogP contribution is -2.24. The minimum atomic E-state index is -0.258. The Morgan fingerprint density at radius 3 is 2.73 bits per heavy atom. The van der Waals surface area contributed by atoms with Gasteiger partial charge in [-0.3, -0.25) is 4.79 Å². The Kier molecular flexibility index (Phi) is 2.69. The van der Waals surface area contributed by atoms with Gasteiger partial charge in [0.25, 0.3) is 5.56 Å². The van der Waals surface area contributed by atoms with Gasteiger partial charge in [-0.2, -0.15) is 9.83 Å². The van der Waals surface area contributed by atoms with Gasteiger partial charge in [0.15, 0.2) is 5.65 Å². The predicted octanol–water partition coefficient (Wildman–Crippen LogP) is 1.77. The highest BCUT2D eigenvalue weighted by Crippen LogP contribution is 2.20. The van der Waals surface area contributed by atoms with Gasteiger partial charge in [-0.1, -0.05) is 30.3 Å². The van der Waals surface area contributed by atoms with Crippen LogP contribution in [-0.2, 0) is 0 Å². The Morgan fingerprint density at radius 2 is 1.95 bits per heavy atom. The number of hydrogen-bond donors (Lipinski definition) is 0. The lowest BCUT2D eigenvalue weighted by atomic mass is 10.2. The molecule has 0 aliphatic heterocycles. The SMILES string of the molecule is COn1ccc2c(cnc3cc(-c4ccccc4)nn32)c1=O. The maximum atomic E-state index is 12.2. The van der Waals surface area contributed by atoms with Gasteiger partial charge in [0.05, 0.1) is 22.8 Å². The molecule has 0 atom stereocenters. The van der Waals surface area contributed by atoms with E-state index in [1.165, 1.54) is 7.11 Å². The van der Waals surface area contributed by atoms with Crippen LogP contribution in [0.4, 0.5) is 0 Å². The summed E-state index contributed by atoms with van der Waals surface area (Å²) < 4.78 is 2.84. The van der Waals surface area contributed by atoms with E-state index in [1.807, 2.05) is 36.4 Å². The first kappa shape index (κ1) is 12.6. The minimum absolute atomic E-state index is 0.258. The van der Waals surface area contributed by atoms with Crippen LogP contribution in [0.3, 0.4) is 0 Å². The molecule has 3 aromatic heterocycles. The molecular weight excluding hydrogens is 280 g/mol. The fourth-order valence-corrected chi connectivity index (χ4v) is 2.50. The van der Waals surface area contributed by atoms with Gasteiger partial charge in [-0.15, -0.1) is 0 Å². The largest absolute Gasteiger partial charge is 0.414 e. The average Bonchev–Trinajstić information content (AvgIpc) is 3.00. The maximum Gasteiger partial charge on any atom is 0.294 e. The second kappa shape index (κ2) is 4.70. The molecule has 0 saturated heterocycles. The van der Waals surface area contributed by atoms with Gasteiger partial charge in [-0.25, -0.2) is 9.50 Å². The van der Waals surface area contributed by atoms with Crippen molar-refractivity contribution in [2.45, 2.75) is 0 Å². The smallest absolute Gasteiger partial charge is 0.294 e. The third-order valence-corrected chi connectivity index (χ3v) is 3.59. The fraction of sp³-hybridized carbons (Fsp3) is 0.0625. The molecule has 22 heavy (non-hydrogen) atoms. The normalized spacial score (nSPS) is 11.1. The highest BCUT2D eigenvalue weighted by Gasteiger charge is 2.11. The van der Waals surface area contributed by atoms with Crippen molar-refractivity contribution < 1.29 is 4.84 Å². The maximum absolute atomic E-state index is 12.2. The van der Waals surface area contributed by atoms with E-state index in [9.17, 15) is 4.79 Å². The van der Waals surface area contributed by atoms with Crippen LogP contribution in [0.25, 0.3) is 27.8 Å². The van der Waals surface area contributed by atoms with Crippen molar-refractivity contribution in [1.29, 1.82) is 0 Å². The molecule has 4 rings (SSSR count). The number of pyridine rings is 1. The lowest BCUT2D eigenvalue weighted by Gasteiger charge is -2.05. The molecule has 0 N–H and O–H groups in total. The number of nitrogens with zero attached hydrogens (tertiary/aromatic N) is 4. The van der Waals surface area contributed by atoms with E-state index in [1.54, 1.807) is 23.0 Å². The molecule has 0 aliphatic carbocycles. The summed E-state index contributed by atoms with van der Waals surface area (Å²) in [5.41, 5.74) is 2.96. The second-order valence-corrected chi connectivity index (χ2v) is 4.85. The van der Waals surface area contributed by atoms with Gasteiger partial charge in [0.1, 0.15) is 7.11 Å². The molecule has 0 bridgehead atoms. The molecule has 108 valence electrons. The van der Waals surface area contributed by atoms with E-state index in [0.29, 0.717) is 16.6 Å². The first-order chi connectivity index (χ1) is 10.8. The Hall–Kier alpha value is -3.15. The standard InChI is InChI=1S/C16H12N4O2/c1-22-19-8-7-14-12(16(19)21)10-17-15-9-13(18-20(14)15)11-5-3-2-4-6-11/h2-10H,1H3. The summed E-state index contributed by atoms with van der Waals surface area (Å²) in [7, 11) is 1.45. The molecule has 4 aromatic rings. The Labute approximate surface area is 125 Å². The molecule has 0 amide bonds. The summed E-state index contributed by atoms with van der Waals surface area (Å²) in [5.74, 6) is 0. The quantitative estimate of drug-likeness (QED) is 0.565. The van der Waals surface area contributed by atoms with Crippen LogP contribution in [0.2, 0.25) is 0 Å². The predicted molar refractivity (Wildman–Crippen MR) is 82.7 cm³/mol. The molecule has 0 saturated carbocycles. The number of fused-ring (bicyclic) bond motifs is 3. The summed E-state index contributed by atoms with van der Waals surface area (Å²) >= 11 is 0. The van der Waals surface area contributed by atoms with E-state index in [0.717, 1.165) is 16.0 Å². The molecule has 0 radical (unpaired) electrons. The van der Waals surface area contributed by atoms with Crippen molar-refractivity contribution in [3.63, 3.8) is 0 Å². The fourth-order valence-electron chi connectivity index (χ4n) is 2.50. The van der Waals surface area contributed by atoms with Gasteiger partial charge >= 0.3 is 0 Å². The molecule has 0 aliphatic rings. The number of benzene rings is 1. The van der Waals surface area contributed by atoms with Crippen LogP contribution in [0.5, 0.6) is 0 Å².